The molecule has 0 aliphatic heterocycles. The van der Waals surface area contributed by atoms with Crippen LogP contribution < -0.4 is 0 Å². The van der Waals surface area contributed by atoms with Crippen molar-refractivity contribution in [2.45, 2.75) is 54.0 Å². The van der Waals surface area contributed by atoms with Gasteiger partial charge < -0.3 is 9.36 Å². The molecule has 0 spiro atoms. The molecule has 0 aliphatic rings. The second-order valence-corrected chi connectivity index (χ2v) is 5.10. The van der Waals surface area contributed by atoms with Gasteiger partial charge in [0, 0.05) is 24.4 Å². The molecule has 0 fully saturated rings. The molecule has 16 heavy (non-hydrogen) atoms. The summed E-state index contributed by atoms with van der Waals surface area (Å²) in [6.07, 6.45) is 1.54. The van der Waals surface area contributed by atoms with E-state index in [1.807, 2.05) is 0 Å². The first-order valence-corrected chi connectivity index (χ1v) is 6.06. The third kappa shape index (κ3) is 3.22. The first-order valence-electron chi connectivity index (χ1n) is 6.06. The van der Waals surface area contributed by atoms with E-state index in [-0.39, 0.29) is 5.78 Å². The van der Waals surface area contributed by atoms with Crippen LogP contribution in [0.25, 0.3) is 0 Å². The summed E-state index contributed by atoms with van der Waals surface area (Å²) in [7, 11) is 0. The molecule has 2 heteroatoms. The summed E-state index contributed by atoms with van der Waals surface area (Å²) < 4.78 is 2.36. The molecule has 0 radical (unpaired) electrons. The van der Waals surface area contributed by atoms with Crippen LogP contribution in [0.15, 0.2) is 6.07 Å². The second-order valence-electron chi connectivity index (χ2n) is 5.10. The lowest BCUT2D eigenvalue weighted by molar-refractivity contribution is -0.116. The topological polar surface area (TPSA) is 22.0 Å². The maximum absolute atomic E-state index is 11.0. The largest absolute Gasteiger partial charge is 0.349 e. The van der Waals surface area contributed by atoms with Crippen molar-refractivity contribution in [3.8, 4) is 0 Å². The Balaban J connectivity index is 2.84. The van der Waals surface area contributed by atoms with Crippen molar-refractivity contribution in [1.29, 1.82) is 0 Å². The van der Waals surface area contributed by atoms with Gasteiger partial charge in [-0.2, -0.15) is 0 Å². The van der Waals surface area contributed by atoms with Crippen molar-refractivity contribution in [3.63, 3.8) is 0 Å². The van der Waals surface area contributed by atoms with E-state index < -0.39 is 0 Å². The van der Waals surface area contributed by atoms with E-state index >= 15 is 0 Å². The Morgan fingerprint density at radius 2 is 2.00 bits per heavy atom. The average Bonchev–Trinajstić information content (AvgIpc) is 2.42. The first-order chi connectivity index (χ1) is 7.41. The van der Waals surface area contributed by atoms with Crippen LogP contribution >= 0.6 is 0 Å². The Bertz CT molecular complexity index is 374. The number of hydrogen-bond donors (Lipinski definition) is 0. The fourth-order valence-corrected chi connectivity index (χ4v) is 2.08. The number of nitrogens with zero attached hydrogens (tertiary/aromatic N) is 1. The molecule has 0 aromatic carbocycles. The van der Waals surface area contributed by atoms with Gasteiger partial charge in [-0.3, -0.25) is 0 Å². The van der Waals surface area contributed by atoms with Crippen molar-refractivity contribution < 1.29 is 4.79 Å². The van der Waals surface area contributed by atoms with Crippen molar-refractivity contribution in [2.75, 3.05) is 0 Å². The maximum Gasteiger partial charge on any atom is 0.130 e. The molecular weight excluding hydrogens is 198 g/mol. The monoisotopic (exact) mass is 221 g/mol. The van der Waals surface area contributed by atoms with Crippen LogP contribution in [0.2, 0.25) is 0 Å². The molecular formula is C14H23NO. The zero-order chi connectivity index (χ0) is 12.3. The fraction of sp³-hybridized carbons (Fsp3) is 0.643. The number of carbonyl (C=O) groups excluding carboxylic acids is 1. The Hall–Kier alpha value is -1.05. The Kier molecular flexibility index (Phi) is 4.34. The molecule has 0 bridgehead atoms. The lowest BCUT2D eigenvalue weighted by Gasteiger charge is -2.12. The van der Waals surface area contributed by atoms with Crippen LogP contribution in [-0.4, -0.2) is 10.4 Å². The second kappa shape index (κ2) is 5.33. The number of carbonyl (C=O) groups is 1. The van der Waals surface area contributed by atoms with E-state index in [0.717, 1.165) is 13.0 Å². The third-order valence-corrected chi connectivity index (χ3v) is 2.97. The molecule has 0 amide bonds. The van der Waals surface area contributed by atoms with Crippen molar-refractivity contribution in [3.05, 3.63) is 23.0 Å². The van der Waals surface area contributed by atoms with Crippen LogP contribution in [0, 0.1) is 19.8 Å². The van der Waals surface area contributed by atoms with Gasteiger partial charge in [0.25, 0.3) is 0 Å². The van der Waals surface area contributed by atoms with Gasteiger partial charge in [0.2, 0.25) is 0 Å². The summed E-state index contributed by atoms with van der Waals surface area (Å²) in [6, 6.07) is 2.22. The van der Waals surface area contributed by atoms with Gasteiger partial charge in [0.05, 0.1) is 0 Å². The van der Waals surface area contributed by atoms with Gasteiger partial charge in [0.1, 0.15) is 5.78 Å². The zero-order valence-corrected chi connectivity index (χ0v) is 11.1. The van der Waals surface area contributed by atoms with Gasteiger partial charge in [0.15, 0.2) is 0 Å². The quantitative estimate of drug-likeness (QED) is 0.748. The summed E-state index contributed by atoms with van der Waals surface area (Å²) in [6.45, 7) is 11.5. The highest BCUT2D eigenvalue weighted by atomic mass is 16.1. The molecule has 0 saturated heterocycles. The highest BCUT2D eigenvalue weighted by Crippen LogP contribution is 2.18. The molecule has 0 aliphatic carbocycles. The Morgan fingerprint density at radius 3 is 2.50 bits per heavy atom. The predicted molar refractivity (Wildman–Crippen MR) is 67.7 cm³/mol. The third-order valence-electron chi connectivity index (χ3n) is 2.97. The molecule has 0 saturated carbocycles. The first kappa shape index (κ1) is 13.0. The number of ketones is 1. The van der Waals surface area contributed by atoms with E-state index in [2.05, 4.69) is 38.3 Å². The normalized spacial score (nSPS) is 11.1. The highest BCUT2D eigenvalue weighted by molar-refractivity contribution is 5.75. The molecule has 1 heterocycles. The summed E-state index contributed by atoms with van der Waals surface area (Å²) in [5.41, 5.74) is 3.96. The fourth-order valence-electron chi connectivity index (χ4n) is 2.08. The SMILES string of the molecule is CC(=O)CCc1cc(C)n(CC(C)C)c1C. The molecule has 0 atom stereocenters. The summed E-state index contributed by atoms with van der Waals surface area (Å²) in [5.74, 6) is 0.930. The van der Waals surface area contributed by atoms with Crippen LogP contribution in [0.4, 0.5) is 0 Å². The average molecular weight is 221 g/mol. The lowest BCUT2D eigenvalue weighted by Crippen LogP contribution is -2.08. The van der Waals surface area contributed by atoms with E-state index in [9.17, 15) is 4.79 Å². The van der Waals surface area contributed by atoms with E-state index in [0.29, 0.717) is 12.3 Å². The van der Waals surface area contributed by atoms with E-state index in [1.54, 1.807) is 6.92 Å². The van der Waals surface area contributed by atoms with Crippen molar-refractivity contribution in [1.82, 2.24) is 4.57 Å². The number of aryl methyl sites for hydroxylation is 2. The Morgan fingerprint density at radius 1 is 1.38 bits per heavy atom. The summed E-state index contributed by atoms with van der Waals surface area (Å²) >= 11 is 0. The zero-order valence-electron chi connectivity index (χ0n) is 11.1. The van der Waals surface area contributed by atoms with Crippen LogP contribution in [0.3, 0.4) is 0 Å². The minimum atomic E-state index is 0.272. The molecule has 0 unspecified atom stereocenters. The van der Waals surface area contributed by atoms with Gasteiger partial charge in [-0.15, -0.1) is 0 Å². The molecule has 1 aromatic heterocycles. The number of hydrogen-bond acceptors (Lipinski definition) is 1. The summed E-state index contributed by atoms with van der Waals surface area (Å²) in [4.78, 5) is 11.0. The van der Waals surface area contributed by atoms with Gasteiger partial charge >= 0.3 is 0 Å². The predicted octanol–water partition coefficient (Wildman–Crippen LogP) is 3.28. The van der Waals surface area contributed by atoms with E-state index in [1.165, 1.54) is 17.0 Å². The number of rotatable bonds is 5. The smallest absolute Gasteiger partial charge is 0.130 e. The van der Waals surface area contributed by atoms with Gasteiger partial charge in [-0.05, 0) is 44.7 Å². The van der Waals surface area contributed by atoms with Crippen LogP contribution in [-0.2, 0) is 17.8 Å². The maximum atomic E-state index is 11.0. The molecule has 2 nitrogen and oxygen atoms in total. The van der Waals surface area contributed by atoms with Crippen LogP contribution in [0.1, 0.15) is 44.1 Å². The van der Waals surface area contributed by atoms with Gasteiger partial charge in [-0.1, -0.05) is 13.8 Å². The van der Waals surface area contributed by atoms with Crippen LogP contribution in [0.5, 0.6) is 0 Å². The van der Waals surface area contributed by atoms with Crippen molar-refractivity contribution in [2.24, 2.45) is 5.92 Å². The molecule has 0 N–H and O–H groups in total. The minimum Gasteiger partial charge on any atom is -0.349 e. The number of Topliss-reactive ketones (excluding diaryl/α,β-unsaturated/α-hetero) is 1. The lowest BCUT2D eigenvalue weighted by atomic mass is 10.1. The molecule has 1 aromatic rings. The minimum absolute atomic E-state index is 0.272. The van der Waals surface area contributed by atoms with Gasteiger partial charge in [-0.25, -0.2) is 0 Å². The highest BCUT2D eigenvalue weighted by Gasteiger charge is 2.10. The number of aromatic nitrogens is 1. The standard InChI is InChI=1S/C14H23NO/c1-10(2)9-15-11(3)8-14(13(15)5)7-6-12(4)16/h8,10H,6-7,9H2,1-5H3. The Labute approximate surface area is 98.7 Å². The van der Waals surface area contributed by atoms with Crippen molar-refractivity contribution >= 4 is 5.78 Å². The molecule has 90 valence electrons. The summed E-state index contributed by atoms with van der Waals surface area (Å²) in [5, 5.41) is 0. The molecule has 1 rings (SSSR count). The van der Waals surface area contributed by atoms with E-state index in [4.69, 9.17) is 0 Å².